The third-order valence-electron chi connectivity index (χ3n) is 1.79. The van der Waals surface area contributed by atoms with E-state index in [4.69, 9.17) is 10.5 Å². The van der Waals surface area contributed by atoms with E-state index in [0.29, 0.717) is 0 Å². The van der Waals surface area contributed by atoms with E-state index in [-0.39, 0.29) is 5.72 Å². The van der Waals surface area contributed by atoms with Crippen LogP contribution in [0.3, 0.4) is 0 Å². The van der Waals surface area contributed by atoms with E-state index in [1.807, 2.05) is 0 Å². The van der Waals surface area contributed by atoms with Crippen molar-refractivity contribution in [2.75, 3.05) is 6.61 Å². The van der Waals surface area contributed by atoms with E-state index in [9.17, 15) is 0 Å². The van der Waals surface area contributed by atoms with Gasteiger partial charge >= 0.3 is 0 Å². The van der Waals surface area contributed by atoms with Gasteiger partial charge in [-0.2, -0.15) is 0 Å². The molecule has 0 saturated heterocycles. The van der Waals surface area contributed by atoms with Gasteiger partial charge in [-0.1, -0.05) is 20.8 Å². The number of hydrogen-bond donors (Lipinski definition) is 1. The SMILES string of the molecule is CCCOC(N)(CC)CC. The predicted molar refractivity (Wildman–Crippen MR) is 43.7 cm³/mol. The minimum absolute atomic E-state index is 0.365. The molecule has 0 unspecified atom stereocenters. The van der Waals surface area contributed by atoms with Crippen molar-refractivity contribution in [2.24, 2.45) is 5.73 Å². The molecule has 0 aromatic heterocycles. The lowest BCUT2D eigenvalue weighted by Gasteiger charge is -2.26. The molecule has 0 radical (unpaired) electrons. The first-order chi connectivity index (χ1) is 4.68. The first-order valence-electron chi connectivity index (χ1n) is 4.11. The van der Waals surface area contributed by atoms with Gasteiger partial charge in [0.25, 0.3) is 0 Å². The minimum atomic E-state index is -0.365. The first-order valence-corrected chi connectivity index (χ1v) is 4.11. The highest BCUT2D eigenvalue weighted by Crippen LogP contribution is 2.12. The summed E-state index contributed by atoms with van der Waals surface area (Å²) in [4.78, 5) is 0. The van der Waals surface area contributed by atoms with Crippen LogP contribution in [0.1, 0.15) is 40.0 Å². The van der Waals surface area contributed by atoms with Gasteiger partial charge in [0.15, 0.2) is 0 Å². The Morgan fingerprint density at radius 2 is 1.70 bits per heavy atom. The Hall–Kier alpha value is -0.0800. The number of nitrogens with two attached hydrogens (primary N) is 1. The van der Waals surface area contributed by atoms with E-state index < -0.39 is 0 Å². The fourth-order valence-corrected chi connectivity index (χ4v) is 0.759. The molecule has 0 amide bonds. The molecule has 0 aromatic carbocycles. The van der Waals surface area contributed by atoms with Gasteiger partial charge < -0.3 is 10.5 Å². The fourth-order valence-electron chi connectivity index (χ4n) is 0.759. The molecule has 0 atom stereocenters. The summed E-state index contributed by atoms with van der Waals surface area (Å²) < 4.78 is 5.45. The molecule has 0 fully saturated rings. The average molecular weight is 145 g/mol. The minimum Gasteiger partial charge on any atom is -0.361 e. The van der Waals surface area contributed by atoms with E-state index in [1.54, 1.807) is 0 Å². The highest BCUT2D eigenvalue weighted by molar-refractivity contribution is 4.67. The van der Waals surface area contributed by atoms with Crippen molar-refractivity contribution in [3.05, 3.63) is 0 Å². The molecule has 0 aliphatic rings. The second-order valence-electron chi connectivity index (χ2n) is 2.62. The Bertz CT molecular complexity index is 79.3. The molecule has 0 bridgehead atoms. The van der Waals surface area contributed by atoms with Gasteiger partial charge in [0.05, 0.1) is 0 Å². The smallest absolute Gasteiger partial charge is 0.116 e. The van der Waals surface area contributed by atoms with Gasteiger partial charge in [0, 0.05) is 6.61 Å². The Kier molecular flexibility index (Phi) is 4.65. The molecular weight excluding hydrogens is 126 g/mol. The van der Waals surface area contributed by atoms with Crippen LogP contribution in [-0.4, -0.2) is 12.3 Å². The standard InChI is InChI=1S/C8H19NO/c1-4-7-10-8(9,5-2)6-3/h4-7,9H2,1-3H3. The van der Waals surface area contributed by atoms with Crippen molar-refractivity contribution in [3.63, 3.8) is 0 Å². The first kappa shape index (κ1) is 9.92. The summed E-state index contributed by atoms with van der Waals surface area (Å²) in [5.74, 6) is 0. The third kappa shape index (κ3) is 3.18. The van der Waals surface area contributed by atoms with Crippen LogP contribution >= 0.6 is 0 Å². The van der Waals surface area contributed by atoms with Crippen molar-refractivity contribution in [2.45, 2.75) is 45.8 Å². The normalized spacial score (nSPS) is 12.0. The maximum Gasteiger partial charge on any atom is 0.116 e. The van der Waals surface area contributed by atoms with E-state index in [1.165, 1.54) is 0 Å². The van der Waals surface area contributed by atoms with E-state index >= 15 is 0 Å². The van der Waals surface area contributed by atoms with Gasteiger partial charge in [-0.3, -0.25) is 0 Å². The molecule has 10 heavy (non-hydrogen) atoms. The summed E-state index contributed by atoms with van der Waals surface area (Å²) >= 11 is 0. The highest BCUT2D eigenvalue weighted by atomic mass is 16.5. The Labute approximate surface area is 63.7 Å². The number of rotatable bonds is 5. The van der Waals surface area contributed by atoms with Crippen molar-refractivity contribution in [3.8, 4) is 0 Å². The second-order valence-corrected chi connectivity index (χ2v) is 2.62. The quantitative estimate of drug-likeness (QED) is 0.599. The largest absolute Gasteiger partial charge is 0.361 e. The molecule has 2 nitrogen and oxygen atoms in total. The fraction of sp³-hybridized carbons (Fsp3) is 1.00. The predicted octanol–water partition coefficient (Wildman–Crippen LogP) is 1.89. The second kappa shape index (κ2) is 4.69. The summed E-state index contributed by atoms with van der Waals surface area (Å²) in [6, 6.07) is 0. The maximum absolute atomic E-state index is 5.86. The highest BCUT2D eigenvalue weighted by Gasteiger charge is 2.19. The molecule has 0 aliphatic carbocycles. The van der Waals surface area contributed by atoms with Crippen molar-refractivity contribution < 1.29 is 4.74 Å². The van der Waals surface area contributed by atoms with Crippen LogP contribution in [0.4, 0.5) is 0 Å². The zero-order valence-corrected chi connectivity index (χ0v) is 7.31. The van der Waals surface area contributed by atoms with Crippen LogP contribution < -0.4 is 5.73 Å². The van der Waals surface area contributed by atoms with E-state index in [2.05, 4.69) is 20.8 Å². The lowest BCUT2D eigenvalue weighted by molar-refractivity contribution is -0.0464. The molecular formula is C8H19NO. The van der Waals surface area contributed by atoms with Crippen LogP contribution in [0.15, 0.2) is 0 Å². The molecule has 2 heteroatoms. The van der Waals surface area contributed by atoms with Gasteiger partial charge in [0.2, 0.25) is 0 Å². The summed E-state index contributed by atoms with van der Waals surface area (Å²) in [6.07, 6.45) is 2.83. The maximum atomic E-state index is 5.86. The van der Waals surface area contributed by atoms with Crippen LogP contribution in [0.5, 0.6) is 0 Å². The molecule has 2 N–H and O–H groups in total. The Morgan fingerprint density at radius 3 is 2.00 bits per heavy atom. The molecule has 0 saturated carbocycles. The van der Waals surface area contributed by atoms with Crippen LogP contribution in [0, 0.1) is 0 Å². The molecule has 0 spiro atoms. The van der Waals surface area contributed by atoms with Crippen molar-refractivity contribution in [1.82, 2.24) is 0 Å². The zero-order chi connectivity index (χ0) is 8.04. The Morgan fingerprint density at radius 1 is 1.20 bits per heavy atom. The third-order valence-corrected chi connectivity index (χ3v) is 1.79. The summed E-state index contributed by atoms with van der Waals surface area (Å²) in [5, 5.41) is 0. The van der Waals surface area contributed by atoms with E-state index in [0.717, 1.165) is 25.9 Å². The number of ether oxygens (including phenoxy) is 1. The molecule has 0 rings (SSSR count). The van der Waals surface area contributed by atoms with Crippen LogP contribution in [-0.2, 0) is 4.74 Å². The van der Waals surface area contributed by atoms with Crippen molar-refractivity contribution in [1.29, 1.82) is 0 Å². The van der Waals surface area contributed by atoms with Gasteiger partial charge in [-0.15, -0.1) is 0 Å². The van der Waals surface area contributed by atoms with Gasteiger partial charge in [-0.05, 0) is 19.3 Å². The van der Waals surface area contributed by atoms with Crippen LogP contribution in [0.2, 0.25) is 0 Å². The molecule has 0 aromatic rings. The average Bonchev–Trinajstić information content (AvgIpc) is 2.00. The molecule has 0 heterocycles. The number of hydrogen-bond acceptors (Lipinski definition) is 2. The summed E-state index contributed by atoms with van der Waals surface area (Å²) in [5.41, 5.74) is 5.50. The monoisotopic (exact) mass is 145 g/mol. The lowest BCUT2D eigenvalue weighted by atomic mass is 10.1. The lowest BCUT2D eigenvalue weighted by Crippen LogP contribution is -2.41. The zero-order valence-electron chi connectivity index (χ0n) is 7.31. The summed E-state index contributed by atoms with van der Waals surface area (Å²) in [7, 11) is 0. The van der Waals surface area contributed by atoms with Crippen LogP contribution in [0.25, 0.3) is 0 Å². The van der Waals surface area contributed by atoms with Gasteiger partial charge in [-0.25, -0.2) is 0 Å². The molecule has 0 aliphatic heterocycles. The summed E-state index contributed by atoms with van der Waals surface area (Å²) in [6.45, 7) is 6.97. The van der Waals surface area contributed by atoms with Crippen molar-refractivity contribution >= 4 is 0 Å². The molecule has 62 valence electrons. The topological polar surface area (TPSA) is 35.2 Å². The Balaban J connectivity index is 3.58. The van der Waals surface area contributed by atoms with Gasteiger partial charge in [0.1, 0.15) is 5.72 Å².